The molecule has 5 aromatic rings. The summed E-state index contributed by atoms with van der Waals surface area (Å²) in [5, 5.41) is 11.4. The molecule has 0 bridgehead atoms. The van der Waals surface area contributed by atoms with Crippen molar-refractivity contribution >= 4 is 22.9 Å². The molecule has 2 aliphatic rings. The van der Waals surface area contributed by atoms with E-state index in [1.807, 2.05) is 50.4 Å². The van der Waals surface area contributed by atoms with Crippen molar-refractivity contribution in [2.45, 2.75) is 32.4 Å². The highest BCUT2D eigenvalue weighted by molar-refractivity contribution is 6.09. The molecule has 41 heavy (non-hydrogen) atoms. The molecule has 7 rings (SSSR count). The van der Waals surface area contributed by atoms with Gasteiger partial charge in [0.2, 0.25) is 11.7 Å². The number of morpholine rings is 1. The molecule has 1 saturated heterocycles. The number of pyridine rings is 2. The average molecular weight is 554 g/mol. The Labute approximate surface area is 235 Å². The molecule has 5 heterocycles. The normalized spacial score (nSPS) is 18.6. The zero-order chi connectivity index (χ0) is 28.1. The van der Waals surface area contributed by atoms with Crippen molar-refractivity contribution in [3.8, 4) is 22.5 Å². The quantitative estimate of drug-likeness (QED) is 0.314. The number of aromatic nitrogens is 5. The van der Waals surface area contributed by atoms with Crippen LogP contribution in [0.15, 0.2) is 59.4 Å². The van der Waals surface area contributed by atoms with Gasteiger partial charge in [-0.2, -0.15) is 10.1 Å². The predicted molar refractivity (Wildman–Crippen MR) is 151 cm³/mol. The van der Waals surface area contributed by atoms with Gasteiger partial charge in [0.05, 0.1) is 36.4 Å². The van der Waals surface area contributed by atoms with Crippen molar-refractivity contribution in [1.29, 1.82) is 0 Å². The monoisotopic (exact) mass is 553 g/mol. The van der Waals surface area contributed by atoms with Gasteiger partial charge in [-0.3, -0.25) is 4.79 Å². The van der Waals surface area contributed by atoms with Gasteiger partial charge in [0, 0.05) is 41.8 Å². The fourth-order valence-electron chi connectivity index (χ4n) is 5.15. The van der Waals surface area contributed by atoms with Crippen molar-refractivity contribution < 1.29 is 18.4 Å². The first-order valence-electron chi connectivity index (χ1n) is 13.6. The van der Waals surface area contributed by atoms with Gasteiger partial charge in [-0.1, -0.05) is 17.3 Å². The second kappa shape index (κ2) is 10.1. The van der Waals surface area contributed by atoms with Crippen molar-refractivity contribution in [2.24, 2.45) is 0 Å². The number of hydrogen-bond acceptors (Lipinski definition) is 8. The van der Waals surface area contributed by atoms with Gasteiger partial charge in [0.15, 0.2) is 0 Å². The van der Waals surface area contributed by atoms with Gasteiger partial charge in [-0.25, -0.2) is 13.9 Å². The Kier molecular flexibility index (Phi) is 6.23. The van der Waals surface area contributed by atoms with E-state index in [0.29, 0.717) is 53.7 Å². The van der Waals surface area contributed by atoms with E-state index in [1.54, 1.807) is 16.8 Å². The zero-order valence-corrected chi connectivity index (χ0v) is 22.7. The molecular weight excluding hydrogens is 525 g/mol. The van der Waals surface area contributed by atoms with E-state index in [4.69, 9.17) is 14.2 Å². The van der Waals surface area contributed by atoms with Crippen molar-refractivity contribution in [3.63, 3.8) is 0 Å². The number of alkyl halides is 1. The summed E-state index contributed by atoms with van der Waals surface area (Å²) < 4.78 is 25.8. The Balaban J connectivity index is 1.14. The van der Waals surface area contributed by atoms with Gasteiger partial charge in [0.1, 0.15) is 12.0 Å². The summed E-state index contributed by atoms with van der Waals surface area (Å²) in [5.41, 5.74) is 6.12. The second-order valence-electron chi connectivity index (χ2n) is 10.5. The number of fused-ring (bicyclic) bond motifs is 1. The average Bonchev–Trinajstić information content (AvgIpc) is 3.35. The van der Waals surface area contributed by atoms with E-state index in [0.717, 1.165) is 41.3 Å². The van der Waals surface area contributed by atoms with Crippen molar-refractivity contribution in [3.05, 3.63) is 77.6 Å². The van der Waals surface area contributed by atoms with Gasteiger partial charge in [-0.05, 0) is 61.7 Å². The van der Waals surface area contributed by atoms with Crippen LogP contribution >= 0.6 is 0 Å². The minimum Gasteiger partial charge on any atom is -0.378 e. The van der Waals surface area contributed by atoms with E-state index in [1.165, 1.54) is 0 Å². The molecule has 1 saturated carbocycles. The lowest BCUT2D eigenvalue weighted by molar-refractivity contribution is 0.102. The van der Waals surface area contributed by atoms with Crippen LogP contribution in [0.3, 0.4) is 0 Å². The third-order valence-electron chi connectivity index (χ3n) is 7.70. The number of carbonyl (C=O) groups excluding carboxylic acids is 1. The molecule has 1 aliphatic heterocycles. The predicted octanol–water partition coefficient (Wildman–Crippen LogP) is 4.98. The van der Waals surface area contributed by atoms with Gasteiger partial charge in [0.25, 0.3) is 5.91 Å². The Morgan fingerprint density at radius 2 is 1.88 bits per heavy atom. The fourth-order valence-corrected chi connectivity index (χ4v) is 5.15. The molecule has 2 fully saturated rings. The first-order valence-corrected chi connectivity index (χ1v) is 13.6. The summed E-state index contributed by atoms with van der Waals surface area (Å²) >= 11 is 0. The summed E-state index contributed by atoms with van der Waals surface area (Å²) in [6.07, 6.45) is 2.90. The first-order chi connectivity index (χ1) is 19.9. The molecule has 0 spiro atoms. The lowest BCUT2D eigenvalue weighted by Gasteiger charge is -2.28. The number of rotatable bonds is 6. The summed E-state index contributed by atoms with van der Waals surface area (Å²) in [7, 11) is 0. The maximum Gasteiger partial charge on any atom is 0.259 e. The van der Waals surface area contributed by atoms with Gasteiger partial charge < -0.3 is 19.5 Å². The van der Waals surface area contributed by atoms with Crippen molar-refractivity contribution in [1.82, 2.24) is 24.7 Å². The summed E-state index contributed by atoms with van der Waals surface area (Å²) in [5.74, 6) is 1.00. The van der Waals surface area contributed by atoms with E-state index >= 15 is 0 Å². The van der Waals surface area contributed by atoms with Crippen LogP contribution in [0.4, 0.5) is 15.9 Å². The number of halogens is 1. The number of nitrogens with one attached hydrogen (secondary N) is 1. The molecule has 1 aliphatic carbocycles. The topological polar surface area (TPSA) is 111 Å². The molecule has 1 aromatic carbocycles. The van der Waals surface area contributed by atoms with E-state index < -0.39 is 6.17 Å². The number of hydrogen-bond donors (Lipinski definition) is 1. The molecule has 10 nitrogen and oxygen atoms in total. The highest BCUT2D eigenvalue weighted by Gasteiger charge is 2.43. The maximum atomic E-state index is 13.5. The Bertz CT molecular complexity index is 1780. The number of ether oxygens (including phenoxy) is 1. The Morgan fingerprint density at radius 3 is 2.66 bits per heavy atom. The molecule has 1 amide bonds. The highest BCUT2D eigenvalue weighted by atomic mass is 19.1. The standard InChI is InChI=1S/C30H28FN7O3/c1-17-3-4-20(28-35-30(41-36-28)22-15-24(22)31)13-25(17)34-29(39)23-16-32-38-8-7-19(14-26(23)38)21-5-6-27(33-18(21)2)37-9-11-40-12-10-37/h3-8,13-14,16,22,24H,9-12,15H2,1-2H3,(H,34,39)/t22-,24-/m0/s1. The Morgan fingerprint density at radius 1 is 1.05 bits per heavy atom. The zero-order valence-electron chi connectivity index (χ0n) is 22.7. The molecule has 1 N–H and O–H groups in total. The van der Waals surface area contributed by atoms with E-state index in [-0.39, 0.29) is 11.8 Å². The fraction of sp³-hybridized carbons (Fsp3) is 0.300. The molecule has 0 radical (unpaired) electrons. The third-order valence-corrected chi connectivity index (χ3v) is 7.70. The maximum absolute atomic E-state index is 13.5. The summed E-state index contributed by atoms with van der Waals surface area (Å²) in [6.45, 7) is 6.96. The van der Waals surface area contributed by atoms with Crippen LogP contribution < -0.4 is 10.2 Å². The van der Waals surface area contributed by atoms with E-state index in [2.05, 4.69) is 31.5 Å². The smallest absolute Gasteiger partial charge is 0.259 e. The lowest BCUT2D eigenvalue weighted by Crippen LogP contribution is -2.36. The van der Waals surface area contributed by atoms with Crippen LogP contribution in [0.5, 0.6) is 0 Å². The van der Waals surface area contributed by atoms with Crippen LogP contribution in [0.25, 0.3) is 28.0 Å². The largest absolute Gasteiger partial charge is 0.378 e. The minimum absolute atomic E-state index is 0.290. The number of nitrogens with zero attached hydrogens (tertiary/aromatic N) is 6. The Hall–Kier alpha value is -4.64. The SMILES string of the molecule is Cc1ccc(-c2noc([C@H]3C[C@@H]3F)n2)cc1NC(=O)c1cnn2ccc(-c3ccc(N4CCOCC4)nc3C)cc12. The van der Waals surface area contributed by atoms with Crippen LogP contribution in [0.2, 0.25) is 0 Å². The first kappa shape index (κ1) is 25.3. The number of aryl methyl sites for hydroxylation is 2. The third kappa shape index (κ3) is 4.82. The number of benzene rings is 1. The van der Waals surface area contributed by atoms with Crippen LogP contribution in [0, 0.1) is 13.8 Å². The van der Waals surface area contributed by atoms with Crippen LogP contribution in [-0.2, 0) is 4.74 Å². The van der Waals surface area contributed by atoms with Crippen LogP contribution in [0.1, 0.15) is 39.8 Å². The molecule has 11 heteroatoms. The highest BCUT2D eigenvalue weighted by Crippen LogP contribution is 2.43. The molecule has 208 valence electrons. The van der Waals surface area contributed by atoms with E-state index in [9.17, 15) is 9.18 Å². The second-order valence-corrected chi connectivity index (χ2v) is 10.5. The lowest BCUT2D eigenvalue weighted by atomic mass is 10.0. The number of carbonyl (C=O) groups is 1. The number of amides is 1. The molecule has 2 atom stereocenters. The molecular formula is C30H28FN7O3. The summed E-state index contributed by atoms with van der Waals surface area (Å²) in [6, 6.07) is 13.6. The van der Waals surface area contributed by atoms with Gasteiger partial charge in [-0.15, -0.1) is 0 Å². The van der Waals surface area contributed by atoms with Gasteiger partial charge >= 0.3 is 0 Å². The summed E-state index contributed by atoms with van der Waals surface area (Å²) in [4.78, 5) is 24.9. The number of anilines is 2. The molecule has 0 unspecified atom stereocenters. The van der Waals surface area contributed by atoms with Crippen LogP contribution in [-0.4, -0.2) is 63.1 Å². The minimum atomic E-state index is -0.919. The van der Waals surface area contributed by atoms with Crippen molar-refractivity contribution in [2.75, 3.05) is 36.5 Å². The molecule has 4 aromatic heterocycles.